The summed E-state index contributed by atoms with van der Waals surface area (Å²) in [6, 6.07) is 4.44. The molecule has 1 aromatic carbocycles. The standard InChI is InChI=1S/C12H16N2/c1-7-4-10-5-8(2)14-12(10)11(6-13)9(7)3/h4-5,14H,6,13H2,1-3H3/p+1. The number of quaternary nitrogens is 1. The van der Waals surface area contributed by atoms with Crippen molar-refractivity contribution in [1.82, 2.24) is 4.98 Å². The van der Waals surface area contributed by atoms with Crippen LogP contribution in [0.15, 0.2) is 12.1 Å². The number of aryl methyl sites for hydroxylation is 2. The van der Waals surface area contributed by atoms with Gasteiger partial charge in [-0.05, 0) is 44.0 Å². The van der Waals surface area contributed by atoms with Crippen LogP contribution in [-0.2, 0) is 6.54 Å². The van der Waals surface area contributed by atoms with Crippen LogP contribution in [-0.4, -0.2) is 4.98 Å². The predicted octanol–water partition coefficient (Wildman–Crippen LogP) is 1.84. The van der Waals surface area contributed by atoms with Crippen LogP contribution in [0.1, 0.15) is 22.4 Å². The second-order valence-electron chi connectivity index (χ2n) is 3.96. The van der Waals surface area contributed by atoms with E-state index < -0.39 is 0 Å². The van der Waals surface area contributed by atoms with Crippen molar-refractivity contribution in [1.29, 1.82) is 0 Å². The molecule has 0 saturated carbocycles. The monoisotopic (exact) mass is 189 g/mol. The van der Waals surface area contributed by atoms with E-state index in [1.54, 1.807) is 0 Å². The third-order valence-electron chi connectivity index (χ3n) is 2.95. The third kappa shape index (κ3) is 1.23. The first-order valence-electron chi connectivity index (χ1n) is 5.01. The first kappa shape index (κ1) is 9.28. The van der Waals surface area contributed by atoms with Crippen LogP contribution in [0.3, 0.4) is 0 Å². The van der Waals surface area contributed by atoms with E-state index in [4.69, 9.17) is 0 Å². The van der Waals surface area contributed by atoms with Crippen LogP contribution in [0.5, 0.6) is 0 Å². The molecule has 0 spiro atoms. The minimum atomic E-state index is 0.851. The van der Waals surface area contributed by atoms with Gasteiger partial charge < -0.3 is 10.7 Å². The number of H-pyrrole nitrogens is 1. The predicted molar refractivity (Wildman–Crippen MR) is 59.1 cm³/mol. The number of fused-ring (bicyclic) bond motifs is 1. The van der Waals surface area contributed by atoms with Gasteiger partial charge in [-0.3, -0.25) is 0 Å². The zero-order valence-corrected chi connectivity index (χ0v) is 9.07. The van der Waals surface area contributed by atoms with E-state index in [9.17, 15) is 0 Å². The lowest BCUT2D eigenvalue weighted by Crippen LogP contribution is -2.47. The van der Waals surface area contributed by atoms with Gasteiger partial charge in [0.1, 0.15) is 6.54 Å². The Bertz CT molecular complexity index is 481. The molecule has 0 bridgehead atoms. The molecule has 1 aromatic heterocycles. The molecule has 2 rings (SSSR count). The van der Waals surface area contributed by atoms with Crippen molar-refractivity contribution < 1.29 is 5.73 Å². The molecule has 0 amide bonds. The van der Waals surface area contributed by atoms with E-state index in [2.05, 4.69) is 43.6 Å². The average molecular weight is 189 g/mol. The summed E-state index contributed by atoms with van der Waals surface area (Å²) in [7, 11) is 0. The second kappa shape index (κ2) is 3.14. The summed E-state index contributed by atoms with van der Waals surface area (Å²) in [6.45, 7) is 7.28. The highest BCUT2D eigenvalue weighted by atomic mass is 14.7. The maximum absolute atomic E-state index is 4.00. The number of aromatic nitrogens is 1. The summed E-state index contributed by atoms with van der Waals surface area (Å²) in [6.07, 6.45) is 0. The molecular weight excluding hydrogens is 172 g/mol. The molecule has 4 N–H and O–H groups in total. The molecule has 2 heteroatoms. The van der Waals surface area contributed by atoms with E-state index in [-0.39, 0.29) is 0 Å². The maximum Gasteiger partial charge on any atom is 0.102 e. The zero-order valence-electron chi connectivity index (χ0n) is 9.07. The third-order valence-corrected chi connectivity index (χ3v) is 2.95. The first-order valence-corrected chi connectivity index (χ1v) is 5.01. The fourth-order valence-corrected chi connectivity index (χ4v) is 2.05. The Labute approximate surface area is 84.1 Å². The zero-order chi connectivity index (χ0) is 10.3. The van der Waals surface area contributed by atoms with Crippen LogP contribution >= 0.6 is 0 Å². The summed E-state index contributed by atoms with van der Waals surface area (Å²) in [4.78, 5) is 3.41. The summed E-state index contributed by atoms with van der Waals surface area (Å²) in [5.74, 6) is 0. The summed E-state index contributed by atoms with van der Waals surface area (Å²) < 4.78 is 0. The van der Waals surface area contributed by atoms with E-state index in [1.807, 2.05) is 0 Å². The Morgan fingerprint density at radius 2 is 1.93 bits per heavy atom. The lowest BCUT2D eigenvalue weighted by atomic mass is 10.0. The highest BCUT2D eigenvalue weighted by molar-refractivity contribution is 5.85. The van der Waals surface area contributed by atoms with Gasteiger partial charge in [0.15, 0.2) is 0 Å². The SMILES string of the molecule is Cc1cc2cc(C)c(C)c(C[NH3+])c2[nH]1. The molecule has 2 nitrogen and oxygen atoms in total. The summed E-state index contributed by atoms with van der Waals surface area (Å²) >= 11 is 0. The second-order valence-corrected chi connectivity index (χ2v) is 3.96. The van der Waals surface area contributed by atoms with Crippen molar-refractivity contribution in [2.24, 2.45) is 0 Å². The lowest BCUT2D eigenvalue weighted by molar-refractivity contribution is -0.386. The first-order chi connectivity index (χ1) is 6.63. The molecule has 0 fully saturated rings. The smallest absolute Gasteiger partial charge is 0.102 e. The van der Waals surface area contributed by atoms with Gasteiger partial charge in [0.25, 0.3) is 0 Å². The fourth-order valence-electron chi connectivity index (χ4n) is 2.05. The van der Waals surface area contributed by atoms with Crippen molar-refractivity contribution in [2.45, 2.75) is 27.3 Å². The van der Waals surface area contributed by atoms with E-state index in [1.165, 1.54) is 33.3 Å². The largest absolute Gasteiger partial charge is 0.358 e. The van der Waals surface area contributed by atoms with Crippen LogP contribution in [0, 0.1) is 20.8 Å². The van der Waals surface area contributed by atoms with Crippen molar-refractivity contribution in [2.75, 3.05) is 0 Å². The van der Waals surface area contributed by atoms with Gasteiger partial charge in [0.2, 0.25) is 0 Å². The molecule has 1 heterocycles. The van der Waals surface area contributed by atoms with Crippen LogP contribution in [0.2, 0.25) is 0 Å². The van der Waals surface area contributed by atoms with Crippen molar-refractivity contribution in [3.63, 3.8) is 0 Å². The van der Waals surface area contributed by atoms with Crippen LogP contribution in [0.25, 0.3) is 10.9 Å². The van der Waals surface area contributed by atoms with E-state index in [0.29, 0.717) is 0 Å². The van der Waals surface area contributed by atoms with Gasteiger partial charge >= 0.3 is 0 Å². The van der Waals surface area contributed by atoms with Gasteiger partial charge in [0, 0.05) is 16.6 Å². The Morgan fingerprint density at radius 1 is 1.21 bits per heavy atom. The molecule has 0 aliphatic carbocycles. The Hall–Kier alpha value is -1.28. The Kier molecular flexibility index (Phi) is 2.08. The number of hydrogen-bond donors (Lipinski definition) is 2. The van der Waals surface area contributed by atoms with Gasteiger partial charge in [-0.1, -0.05) is 0 Å². The molecule has 0 unspecified atom stereocenters. The highest BCUT2D eigenvalue weighted by Gasteiger charge is 2.09. The van der Waals surface area contributed by atoms with Crippen molar-refractivity contribution in [3.05, 3.63) is 34.5 Å². The van der Waals surface area contributed by atoms with Gasteiger partial charge in [-0.2, -0.15) is 0 Å². The minimum Gasteiger partial charge on any atom is -0.358 e. The molecule has 0 atom stereocenters. The van der Waals surface area contributed by atoms with Gasteiger partial charge in [-0.15, -0.1) is 0 Å². The quantitative estimate of drug-likeness (QED) is 0.687. The van der Waals surface area contributed by atoms with E-state index in [0.717, 1.165) is 6.54 Å². The van der Waals surface area contributed by atoms with Gasteiger partial charge in [0.05, 0.1) is 5.52 Å². The molecule has 0 aliphatic rings. The number of benzene rings is 1. The lowest BCUT2D eigenvalue weighted by Gasteiger charge is -2.06. The Morgan fingerprint density at radius 3 is 2.57 bits per heavy atom. The fraction of sp³-hybridized carbons (Fsp3) is 0.333. The number of rotatable bonds is 1. The highest BCUT2D eigenvalue weighted by Crippen LogP contribution is 2.24. The molecular formula is C12H17N2+. The average Bonchev–Trinajstić information content (AvgIpc) is 2.47. The molecule has 74 valence electrons. The Balaban J connectivity index is 2.87. The molecule has 0 aliphatic heterocycles. The summed E-state index contributed by atoms with van der Waals surface area (Å²) in [5.41, 5.74) is 10.6. The number of hydrogen-bond acceptors (Lipinski definition) is 0. The number of aromatic amines is 1. The van der Waals surface area contributed by atoms with Crippen LogP contribution < -0.4 is 5.73 Å². The van der Waals surface area contributed by atoms with Crippen molar-refractivity contribution >= 4 is 10.9 Å². The normalized spacial score (nSPS) is 11.1. The van der Waals surface area contributed by atoms with E-state index >= 15 is 0 Å². The van der Waals surface area contributed by atoms with Gasteiger partial charge in [-0.25, -0.2) is 0 Å². The van der Waals surface area contributed by atoms with Crippen LogP contribution in [0.4, 0.5) is 0 Å². The maximum atomic E-state index is 4.00. The summed E-state index contributed by atoms with van der Waals surface area (Å²) in [5, 5.41) is 1.31. The molecule has 14 heavy (non-hydrogen) atoms. The molecule has 0 radical (unpaired) electrons. The molecule has 2 aromatic rings. The van der Waals surface area contributed by atoms with Crippen molar-refractivity contribution in [3.8, 4) is 0 Å². The topological polar surface area (TPSA) is 43.4 Å². The number of nitrogens with one attached hydrogen (secondary N) is 1. The molecule has 0 saturated heterocycles. The minimum absolute atomic E-state index is 0.851.